The van der Waals surface area contributed by atoms with E-state index in [1.165, 1.54) is 0 Å². The maximum Gasteiger partial charge on any atom is 0.237 e. The van der Waals surface area contributed by atoms with Crippen molar-refractivity contribution in [1.29, 1.82) is 0 Å². The Morgan fingerprint density at radius 3 is 2.22 bits per heavy atom. The standard InChI is InChI=1S/C5H12N2O2/c1-7(2)4(3-8)5(6)9/h4,8H,3H2,1-2H3,(H2,6,9)/t4-/m0/s1. The van der Waals surface area contributed by atoms with Crippen molar-refractivity contribution >= 4 is 5.91 Å². The van der Waals surface area contributed by atoms with E-state index < -0.39 is 11.9 Å². The molecule has 0 radical (unpaired) electrons. The first kappa shape index (κ1) is 8.39. The largest absolute Gasteiger partial charge is 0.394 e. The average Bonchev–Trinajstić information content (AvgIpc) is 1.64. The summed E-state index contributed by atoms with van der Waals surface area (Å²) in [7, 11) is 3.37. The molecule has 4 nitrogen and oxygen atoms in total. The summed E-state index contributed by atoms with van der Waals surface area (Å²) in [6, 6.07) is -0.551. The summed E-state index contributed by atoms with van der Waals surface area (Å²) < 4.78 is 0. The number of nitrogens with two attached hydrogens (primary N) is 1. The van der Waals surface area contributed by atoms with Gasteiger partial charge in [0, 0.05) is 0 Å². The van der Waals surface area contributed by atoms with Crippen LogP contribution in [-0.4, -0.2) is 42.7 Å². The molecule has 0 heterocycles. The summed E-state index contributed by atoms with van der Waals surface area (Å²) in [6.07, 6.45) is 0. The molecule has 1 amide bonds. The highest BCUT2D eigenvalue weighted by atomic mass is 16.3. The first-order valence-electron chi connectivity index (χ1n) is 2.66. The van der Waals surface area contributed by atoms with Crippen LogP contribution in [0, 0.1) is 0 Å². The fourth-order valence-corrected chi connectivity index (χ4v) is 0.508. The molecule has 0 fully saturated rings. The fourth-order valence-electron chi connectivity index (χ4n) is 0.508. The predicted octanol–water partition coefficient (Wildman–Crippen LogP) is -1.61. The lowest BCUT2D eigenvalue weighted by atomic mass is 10.3. The third-order valence-electron chi connectivity index (χ3n) is 1.12. The molecule has 0 aliphatic carbocycles. The van der Waals surface area contributed by atoms with Gasteiger partial charge in [-0.2, -0.15) is 0 Å². The second kappa shape index (κ2) is 3.42. The number of primary amides is 1. The van der Waals surface area contributed by atoms with Crippen molar-refractivity contribution in [3.63, 3.8) is 0 Å². The molecule has 0 spiro atoms. The van der Waals surface area contributed by atoms with E-state index in [1.807, 2.05) is 0 Å². The van der Waals surface area contributed by atoms with E-state index in [0.717, 1.165) is 0 Å². The second-order valence-corrected chi connectivity index (χ2v) is 2.06. The summed E-state index contributed by atoms with van der Waals surface area (Å²) in [6.45, 7) is -0.220. The zero-order chi connectivity index (χ0) is 7.44. The van der Waals surface area contributed by atoms with E-state index in [9.17, 15) is 4.79 Å². The molecule has 0 aromatic carbocycles. The maximum absolute atomic E-state index is 10.4. The van der Waals surface area contributed by atoms with Crippen LogP contribution in [-0.2, 0) is 4.79 Å². The molecule has 0 aliphatic heterocycles. The molecule has 54 valence electrons. The number of hydrogen-bond donors (Lipinski definition) is 2. The lowest BCUT2D eigenvalue weighted by Crippen LogP contribution is -2.42. The predicted molar refractivity (Wildman–Crippen MR) is 33.8 cm³/mol. The minimum Gasteiger partial charge on any atom is -0.394 e. The van der Waals surface area contributed by atoms with Crippen molar-refractivity contribution in [2.24, 2.45) is 5.73 Å². The first-order chi connectivity index (χ1) is 4.09. The van der Waals surface area contributed by atoms with Crippen molar-refractivity contribution in [2.45, 2.75) is 6.04 Å². The Labute approximate surface area is 54.3 Å². The van der Waals surface area contributed by atoms with Crippen molar-refractivity contribution in [2.75, 3.05) is 20.7 Å². The quantitative estimate of drug-likeness (QED) is 0.485. The summed E-state index contributed by atoms with van der Waals surface area (Å²) in [4.78, 5) is 12.0. The molecule has 0 saturated heterocycles. The van der Waals surface area contributed by atoms with Gasteiger partial charge in [-0.15, -0.1) is 0 Å². The highest BCUT2D eigenvalue weighted by molar-refractivity contribution is 5.79. The molecule has 0 aliphatic rings. The van der Waals surface area contributed by atoms with Crippen LogP contribution in [0.4, 0.5) is 0 Å². The van der Waals surface area contributed by atoms with E-state index in [-0.39, 0.29) is 6.61 Å². The van der Waals surface area contributed by atoms with Gasteiger partial charge in [0.1, 0.15) is 6.04 Å². The van der Waals surface area contributed by atoms with Crippen LogP contribution in [0.1, 0.15) is 0 Å². The molecule has 3 N–H and O–H groups in total. The normalized spacial score (nSPS) is 13.8. The summed E-state index contributed by atoms with van der Waals surface area (Å²) in [5, 5.41) is 8.52. The Hall–Kier alpha value is -0.610. The molecule has 0 rings (SSSR count). The Morgan fingerprint density at radius 1 is 1.78 bits per heavy atom. The van der Waals surface area contributed by atoms with Gasteiger partial charge in [0.2, 0.25) is 5.91 Å². The molecular weight excluding hydrogens is 120 g/mol. The van der Waals surface area contributed by atoms with Gasteiger partial charge >= 0.3 is 0 Å². The second-order valence-electron chi connectivity index (χ2n) is 2.06. The number of carbonyl (C=O) groups is 1. The number of carbonyl (C=O) groups excluding carboxylic acids is 1. The average molecular weight is 132 g/mol. The van der Waals surface area contributed by atoms with Crippen LogP contribution in [0.5, 0.6) is 0 Å². The number of hydrogen-bond acceptors (Lipinski definition) is 3. The SMILES string of the molecule is CN(C)[C@@H](CO)C(N)=O. The van der Waals surface area contributed by atoms with Gasteiger partial charge in [-0.05, 0) is 14.1 Å². The third-order valence-corrected chi connectivity index (χ3v) is 1.12. The summed E-state index contributed by atoms with van der Waals surface area (Å²) in [5.74, 6) is -0.498. The monoisotopic (exact) mass is 132 g/mol. The van der Waals surface area contributed by atoms with E-state index in [2.05, 4.69) is 0 Å². The minimum atomic E-state index is -0.551. The van der Waals surface area contributed by atoms with Crippen LogP contribution in [0.2, 0.25) is 0 Å². The zero-order valence-corrected chi connectivity index (χ0v) is 5.66. The van der Waals surface area contributed by atoms with Crippen molar-refractivity contribution in [3.8, 4) is 0 Å². The highest BCUT2D eigenvalue weighted by Crippen LogP contribution is 1.88. The van der Waals surface area contributed by atoms with Gasteiger partial charge in [0.05, 0.1) is 6.61 Å². The molecule has 0 bridgehead atoms. The topological polar surface area (TPSA) is 66.6 Å². The fraction of sp³-hybridized carbons (Fsp3) is 0.800. The highest BCUT2D eigenvalue weighted by Gasteiger charge is 2.14. The number of aliphatic hydroxyl groups excluding tert-OH is 1. The van der Waals surface area contributed by atoms with E-state index in [0.29, 0.717) is 0 Å². The Kier molecular flexibility index (Phi) is 3.19. The van der Waals surface area contributed by atoms with E-state index in [4.69, 9.17) is 10.8 Å². The molecule has 0 saturated carbocycles. The van der Waals surface area contributed by atoms with E-state index >= 15 is 0 Å². The van der Waals surface area contributed by atoms with Crippen molar-refractivity contribution < 1.29 is 9.90 Å². The molecule has 0 aromatic rings. The van der Waals surface area contributed by atoms with Crippen LogP contribution in [0.25, 0.3) is 0 Å². The zero-order valence-electron chi connectivity index (χ0n) is 5.66. The summed E-state index contributed by atoms with van der Waals surface area (Å²) in [5.41, 5.74) is 4.91. The van der Waals surface area contributed by atoms with E-state index in [1.54, 1.807) is 19.0 Å². The molecular formula is C5H12N2O2. The van der Waals surface area contributed by atoms with Crippen LogP contribution >= 0.6 is 0 Å². The number of rotatable bonds is 3. The molecule has 0 aromatic heterocycles. The summed E-state index contributed by atoms with van der Waals surface area (Å²) >= 11 is 0. The third kappa shape index (κ3) is 2.43. The van der Waals surface area contributed by atoms with Crippen LogP contribution in [0.15, 0.2) is 0 Å². The maximum atomic E-state index is 10.4. The number of amides is 1. The number of likely N-dealkylation sites (N-methyl/N-ethyl adjacent to an activating group) is 1. The lowest BCUT2D eigenvalue weighted by molar-refractivity contribution is -0.123. The van der Waals surface area contributed by atoms with Crippen molar-refractivity contribution in [1.82, 2.24) is 4.90 Å². The Morgan fingerprint density at radius 2 is 2.22 bits per heavy atom. The van der Waals surface area contributed by atoms with Gasteiger partial charge < -0.3 is 10.8 Å². The van der Waals surface area contributed by atoms with Crippen LogP contribution in [0.3, 0.4) is 0 Å². The van der Waals surface area contributed by atoms with Gasteiger partial charge in [0.15, 0.2) is 0 Å². The van der Waals surface area contributed by atoms with Crippen LogP contribution < -0.4 is 5.73 Å². The number of aliphatic hydroxyl groups is 1. The lowest BCUT2D eigenvalue weighted by Gasteiger charge is -2.17. The molecule has 4 heteroatoms. The smallest absolute Gasteiger partial charge is 0.237 e. The van der Waals surface area contributed by atoms with Gasteiger partial charge in [0.25, 0.3) is 0 Å². The Bertz CT molecular complexity index is 103. The van der Waals surface area contributed by atoms with Crippen molar-refractivity contribution in [3.05, 3.63) is 0 Å². The van der Waals surface area contributed by atoms with Gasteiger partial charge in [-0.25, -0.2) is 0 Å². The first-order valence-corrected chi connectivity index (χ1v) is 2.66. The van der Waals surface area contributed by atoms with Gasteiger partial charge in [-0.3, -0.25) is 9.69 Å². The molecule has 1 atom stereocenters. The minimum absolute atomic E-state index is 0.220. The van der Waals surface area contributed by atoms with Gasteiger partial charge in [-0.1, -0.05) is 0 Å². The molecule has 9 heavy (non-hydrogen) atoms. The Balaban J connectivity index is 3.83. The molecule has 0 unspecified atom stereocenters. The number of nitrogens with zero attached hydrogens (tertiary/aromatic N) is 1.